The summed E-state index contributed by atoms with van der Waals surface area (Å²) in [6.45, 7) is 12.7. The maximum absolute atomic E-state index is 5.42. The van der Waals surface area contributed by atoms with E-state index >= 15 is 0 Å². The van der Waals surface area contributed by atoms with Crippen molar-refractivity contribution in [2.45, 2.75) is 191 Å². The molecule has 2 unspecified atom stereocenters. The van der Waals surface area contributed by atoms with Gasteiger partial charge in [-0.25, -0.2) is 0 Å². The number of rotatable bonds is 29. The van der Waals surface area contributed by atoms with Crippen molar-refractivity contribution in [3.05, 3.63) is 390 Å². The van der Waals surface area contributed by atoms with Gasteiger partial charge in [0.25, 0.3) is 0 Å². The summed E-state index contributed by atoms with van der Waals surface area (Å²) in [7, 11) is 0. The summed E-state index contributed by atoms with van der Waals surface area (Å²) in [5, 5.41) is 23.1. The van der Waals surface area contributed by atoms with E-state index in [0.29, 0.717) is 12.1 Å². The van der Waals surface area contributed by atoms with Crippen LogP contribution in [0.4, 0.5) is 0 Å². The van der Waals surface area contributed by atoms with Crippen molar-refractivity contribution in [1.29, 1.82) is 0 Å². The fourth-order valence-electron chi connectivity index (χ4n) is 19.4. The zero-order valence-electron chi connectivity index (χ0n) is 65.6. The van der Waals surface area contributed by atoms with Gasteiger partial charge in [0, 0.05) is 178 Å². The Hall–Kier alpha value is -10.1. The second kappa shape index (κ2) is 36.1. The molecule has 15 heteroatoms. The van der Waals surface area contributed by atoms with E-state index < -0.39 is 0 Å². The Morgan fingerprint density at radius 1 is 0.316 bits per heavy atom. The molecule has 578 valence electrons. The minimum absolute atomic E-state index is 0.156. The maximum atomic E-state index is 5.42. The minimum atomic E-state index is 0.156. The molecule has 0 saturated heterocycles. The van der Waals surface area contributed by atoms with Crippen LogP contribution in [0.25, 0.3) is 0 Å². The Balaban J connectivity index is 0.562. The van der Waals surface area contributed by atoms with Crippen molar-refractivity contribution in [2.75, 3.05) is 19.6 Å². The summed E-state index contributed by atoms with van der Waals surface area (Å²) in [6.07, 6.45) is 26.0. The number of fused-ring (bicyclic) bond motifs is 6. The maximum Gasteiger partial charge on any atom is 0.0613 e. The van der Waals surface area contributed by atoms with Gasteiger partial charge >= 0.3 is 0 Å². The number of aryl methyl sites for hydroxylation is 1. The normalized spacial score (nSPS) is 20.3. The topological polar surface area (TPSA) is 159 Å². The van der Waals surface area contributed by atoms with Gasteiger partial charge < -0.3 is 31.9 Å². The number of hydrogen-bond donors (Lipinski definition) is 6. The van der Waals surface area contributed by atoms with Gasteiger partial charge in [-0.2, -0.15) is 0 Å². The molecule has 15 nitrogen and oxygen atoms in total. The molecule has 0 amide bonds. The zero-order valence-corrected chi connectivity index (χ0v) is 65.6. The van der Waals surface area contributed by atoms with Gasteiger partial charge in [-0.1, -0.05) is 164 Å². The van der Waals surface area contributed by atoms with Crippen LogP contribution in [-0.2, 0) is 104 Å². The monoisotopic (exact) mass is 1510 g/mol. The molecule has 3 aliphatic heterocycles. The van der Waals surface area contributed by atoms with E-state index in [1.54, 1.807) is 0 Å². The molecule has 6 aliphatic rings. The quantitative estimate of drug-likeness (QED) is 0.0263. The molecule has 0 radical (unpaired) electrons. The molecule has 6 aromatic carbocycles. The highest BCUT2D eigenvalue weighted by Gasteiger charge is 2.39. The molecule has 114 heavy (non-hydrogen) atoms. The molecule has 0 saturated carbocycles. The van der Waals surface area contributed by atoms with E-state index in [4.69, 9.17) is 15.0 Å². The first-order chi connectivity index (χ1) is 56.4. The van der Waals surface area contributed by atoms with E-state index in [1.165, 1.54) is 129 Å². The summed E-state index contributed by atoms with van der Waals surface area (Å²) in [5.41, 5.74) is 30.7. The van der Waals surface area contributed by atoms with Gasteiger partial charge in [0.05, 0.1) is 40.9 Å². The highest BCUT2D eigenvalue weighted by molar-refractivity contribution is 5.46. The zero-order chi connectivity index (χ0) is 76.2. The van der Waals surface area contributed by atoms with Crippen molar-refractivity contribution in [3.8, 4) is 0 Å². The number of pyridine rings is 6. The van der Waals surface area contributed by atoms with E-state index in [-0.39, 0.29) is 36.0 Å². The van der Waals surface area contributed by atoms with Crippen molar-refractivity contribution < 1.29 is 0 Å². The Bertz CT molecular complexity index is 5140. The van der Waals surface area contributed by atoms with Crippen LogP contribution in [0, 0.1) is 0 Å². The second-order valence-corrected chi connectivity index (χ2v) is 33.0. The summed E-state index contributed by atoms with van der Waals surface area (Å²) in [4.78, 5) is 37.1. The predicted octanol–water partition coefficient (Wildman–Crippen LogP) is 15.9. The van der Waals surface area contributed by atoms with Gasteiger partial charge in [-0.15, -0.1) is 0 Å². The molecule has 0 fully saturated rings. The van der Waals surface area contributed by atoms with Gasteiger partial charge in [0.1, 0.15) is 0 Å². The van der Waals surface area contributed by atoms with Crippen LogP contribution in [0.15, 0.2) is 262 Å². The van der Waals surface area contributed by atoms with E-state index in [0.717, 1.165) is 162 Å². The van der Waals surface area contributed by atoms with Crippen molar-refractivity contribution in [2.24, 2.45) is 0 Å². The van der Waals surface area contributed by atoms with E-state index in [2.05, 4.69) is 256 Å². The Kier molecular flexibility index (Phi) is 23.8. The van der Waals surface area contributed by atoms with Crippen molar-refractivity contribution in [3.63, 3.8) is 0 Å². The van der Waals surface area contributed by atoms with Gasteiger partial charge in [-0.05, 0) is 218 Å². The van der Waals surface area contributed by atoms with Crippen molar-refractivity contribution >= 4 is 0 Å². The molecule has 8 atom stereocenters. The lowest BCUT2D eigenvalue weighted by molar-refractivity contribution is 0.142. The number of aromatic nitrogens is 6. The lowest BCUT2D eigenvalue weighted by Crippen LogP contribution is -2.46. The molecule has 6 N–H and O–H groups in total. The van der Waals surface area contributed by atoms with Crippen LogP contribution < -0.4 is 31.9 Å². The Morgan fingerprint density at radius 2 is 0.746 bits per heavy atom. The van der Waals surface area contributed by atoms with Gasteiger partial charge in [0.15, 0.2) is 0 Å². The lowest BCUT2D eigenvalue weighted by Gasteiger charge is -2.41. The fraction of sp³-hybridized carbons (Fsp3) is 0.333. The number of nitrogens with zero attached hydrogens (tertiary/aromatic N) is 9. The largest absolute Gasteiger partial charge is 0.309 e. The smallest absolute Gasteiger partial charge is 0.0613 e. The first-order valence-corrected chi connectivity index (χ1v) is 42.0. The van der Waals surface area contributed by atoms with E-state index in [1.807, 2.05) is 67.8 Å². The Morgan fingerprint density at radius 3 is 1.26 bits per heavy atom. The average molecular weight is 1510 g/mol. The summed E-state index contributed by atoms with van der Waals surface area (Å²) in [6, 6.07) is 81.3. The van der Waals surface area contributed by atoms with Crippen LogP contribution in [0.5, 0.6) is 0 Å². The average Bonchev–Trinajstić information content (AvgIpc) is 0.768. The first kappa shape index (κ1) is 75.2. The van der Waals surface area contributed by atoms with Crippen LogP contribution in [-0.4, -0.2) is 82.4 Å². The van der Waals surface area contributed by atoms with Crippen molar-refractivity contribution in [1.82, 2.24) is 76.5 Å². The summed E-state index contributed by atoms with van der Waals surface area (Å²) < 4.78 is 0. The third kappa shape index (κ3) is 18.2. The first-order valence-electron chi connectivity index (χ1n) is 42.0. The third-order valence-corrected chi connectivity index (χ3v) is 25.3. The van der Waals surface area contributed by atoms with Gasteiger partial charge in [-0.3, -0.25) is 44.6 Å². The minimum Gasteiger partial charge on any atom is -0.309 e. The molecule has 0 spiro atoms. The number of nitrogens with one attached hydrogen (secondary N) is 6. The molecule has 9 heterocycles. The molecule has 18 rings (SSSR count). The molecular formula is C99H107N15. The number of hydrogen-bond acceptors (Lipinski definition) is 15. The molecule has 3 aliphatic carbocycles. The molecule has 12 aromatic rings. The SMILES string of the molecule is c1ccc(CNCc2ccc(CN(C[C@H]3Cc4ccc(C5CC[C@H](N(Cc6ccc(CNCc7cccnc7)cc6)C[C@H]6Cc7ccc(C8CC[C@H](N(Cc9ccc(CNCc%10ccncc%10)cc9)C[C@H]9Cc%10ccccc%10CN9)c9ncccc98)cc7CN6)c6ncccc65)cc4CN3)[C@H]3CCCc4cccnc43)cc2)nc1. The fourth-order valence-corrected chi connectivity index (χ4v) is 19.4. The molecule has 0 bridgehead atoms. The highest BCUT2D eigenvalue weighted by Crippen LogP contribution is 2.47. The lowest BCUT2D eigenvalue weighted by atomic mass is 9.77. The van der Waals surface area contributed by atoms with Crippen LogP contribution in [0.3, 0.4) is 0 Å². The van der Waals surface area contributed by atoms with Gasteiger partial charge in [0.2, 0.25) is 0 Å². The molecular weight excluding hydrogens is 1400 g/mol. The van der Waals surface area contributed by atoms with E-state index in [9.17, 15) is 0 Å². The summed E-state index contributed by atoms with van der Waals surface area (Å²) in [5.74, 6) is 0.527. The third-order valence-electron chi connectivity index (χ3n) is 25.3. The van der Waals surface area contributed by atoms with Crippen LogP contribution in [0.2, 0.25) is 0 Å². The Labute approximate surface area is 673 Å². The number of benzene rings is 6. The van der Waals surface area contributed by atoms with Crippen LogP contribution in [0.1, 0.15) is 197 Å². The standard InChI is InChI=1S/C99H107N15/c1-2-12-83-59-109-87(50-78(83)11-1)67-113(64-74-25-19-69(20-26-74)53-102-56-72-39-46-100-47-40-72)95-37-35-90(92-16-8-44-107-98(92)95)82-34-32-80-52-89(111-61-85(80)49-82)68-114(65-75-27-21-70(22-28-75)54-103-58-76-10-6-41-101-57-76)96-38-36-91(93-17-9-45-108-99(93)96)81-33-31-79-51-88(110-60-84(79)48-81)66-112(94-18-5-13-77-14-7-43-106-97(77)94)63-73-29-23-71(24-30-73)55-104-62-86-15-3-4-42-105-86/h1-4,6-12,14-17,19-34,39-49,57,87-91,94-96,102-104,109-111H,5,13,18,35-38,50-56,58-68H2/t87-,88-,89-,90?,91?,94+,95+,96+/m1/s1. The predicted molar refractivity (Wildman–Crippen MR) is 453 cm³/mol. The highest BCUT2D eigenvalue weighted by atomic mass is 15.2. The van der Waals surface area contributed by atoms with Crippen LogP contribution >= 0.6 is 0 Å². The molecule has 6 aromatic heterocycles. The second-order valence-electron chi connectivity index (χ2n) is 33.0. The summed E-state index contributed by atoms with van der Waals surface area (Å²) >= 11 is 0.